The fourth-order valence-electron chi connectivity index (χ4n) is 2.35. The first kappa shape index (κ1) is 15.0. The van der Waals surface area contributed by atoms with Crippen LogP contribution in [0.2, 0.25) is 0 Å². The molecule has 23 heavy (non-hydrogen) atoms. The highest BCUT2D eigenvalue weighted by Gasteiger charge is 2.12. The van der Waals surface area contributed by atoms with Crippen LogP contribution < -0.4 is 5.32 Å². The largest absolute Gasteiger partial charge is 0.350 e. The summed E-state index contributed by atoms with van der Waals surface area (Å²) in [7, 11) is 0. The second-order valence-corrected chi connectivity index (χ2v) is 5.27. The summed E-state index contributed by atoms with van der Waals surface area (Å²) in [5, 5.41) is 7.23. The summed E-state index contributed by atoms with van der Waals surface area (Å²) in [6.45, 7) is 2.48. The number of hydrogen-bond acceptors (Lipinski definition) is 3. The van der Waals surface area contributed by atoms with Crippen molar-refractivity contribution in [3.05, 3.63) is 72.1 Å². The average molecular weight is 306 g/mol. The SMILES string of the molecule is Cc1nc(-c2ccccc2)n(CC(=O)NCc2ccccc2)n1. The van der Waals surface area contributed by atoms with Crippen molar-refractivity contribution in [1.29, 1.82) is 0 Å². The van der Waals surface area contributed by atoms with Gasteiger partial charge in [0.1, 0.15) is 12.4 Å². The Balaban J connectivity index is 1.69. The lowest BCUT2D eigenvalue weighted by Crippen LogP contribution is -2.27. The number of aryl methyl sites for hydroxylation is 1. The predicted molar refractivity (Wildman–Crippen MR) is 88.5 cm³/mol. The zero-order chi connectivity index (χ0) is 16.1. The summed E-state index contributed by atoms with van der Waals surface area (Å²) >= 11 is 0. The maximum absolute atomic E-state index is 12.2. The molecule has 0 spiro atoms. The molecular weight excluding hydrogens is 288 g/mol. The number of carbonyl (C=O) groups is 1. The van der Waals surface area contributed by atoms with Gasteiger partial charge in [0.05, 0.1) is 0 Å². The number of aromatic nitrogens is 3. The van der Waals surface area contributed by atoms with Crippen molar-refractivity contribution in [2.24, 2.45) is 0 Å². The van der Waals surface area contributed by atoms with Crippen molar-refractivity contribution in [2.45, 2.75) is 20.0 Å². The molecule has 3 aromatic rings. The molecule has 0 bridgehead atoms. The van der Waals surface area contributed by atoms with Crippen LogP contribution >= 0.6 is 0 Å². The van der Waals surface area contributed by atoms with Gasteiger partial charge in [-0.1, -0.05) is 60.7 Å². The molecule has 1 N–H and O–H groups in total. The van der Waals surface area contributed by atoms with Crippen LogP contribution in [0.5, 0.6) is 0 Å². The van der Waals surface area contributed by atoms with Gasteiger partial charge in [-0.2, -0.15) is 5.10 Å². The topological polar surface area (TPSA) is 59.8 Å². The summed E-state index contributed by atoms with van der Waals surface area (Å²) in [4.78, 5) is 16.6. The molecule has 1 heterocycles. The van der Waals surface area contributed by atoms with Crippen LogP contribution in [0, 0.1) is 6.92 Å². The van der Waals surface area contributed by atoms with E-state index in [-0.39, 0.29) is 12.5 Å². The van der Waals surface area contributed by atoms with Crippen LogP contribution in [0.25, 0.3) is 11.4 Å². The first-order valence-electron chi connectivity index (χ1n) is 7.50. The Morgan fingerprint density at radius 3 is 2.39 bits per heavy atom. The lowest BCUT2D eigenvalue weighted by Gasteiger charge is -2.07. The highest BCUT2D eigenvalue weighted by Crippen LogP contribution is 2.16. The van der Waals surface area contributed by atoms with E-state index in [9.17, 15) is 4.79 Å². The zero-order valence-electron chi connectivity index (χ0n) is 12.9. The third-order valence-corrected chi connectivity index (χ3v) is 3.44. The molecule has 116 valence electrons. The van der Waals surface area contributed by atoms with Gasteiger partial charge in [0.2, 0.25) is 5.91 Å². The van der Waals surface area contributed by atoms with E-state index >= 15 is 0 Å². The maximum atomic E-state index is 12.2. The Hall–Kier alpha value is -2.95. The van der Waals surface area contributed by atoms with E-state index in [1.165, 1.54) is 0 Å². The number of rotatable bonds is 5. The molecule has 0 aliphatic carbocycles. The van der Waals surface area contributed by atoms with E-state index in [1.807, 2.05) is 67.6 Å². The maximum Gasteiger partial charge on any atom is 0.242 e. The fourth-order valence-corrected chi connectivity index (χ4v) is 2.35. The van der Waals surface area contributed by atoms with Crippen molar-refractivity contribution in [3.63, 3.8) is 0 Å². The molecule has 3 rings (SSSR count). The van der Waals surface area contributed by atoms with Gasteiger partial charge in [0.25, 0.3) is 0 Å². The second kappa shape index (κ2) is 6.87. The number of hydrogen-bond donors (Lipinski definition) is 1. The third kappa shape index (κ3) is 3.83. The number of amides is 1. The van der Waals surface area contributed by atoms with Gasteiger partial charge in [0, 0.05) is 12.1 Å². The molecule has 0 fully saturated rings. The third-order valence-electron chi connectivity index (χ3n) is 3.44. The first-order valence-corrected chi connectivity index (χ1v) is 7.50. The van der Waals surface area contributed by atoms with Crippen molar-refractivity contribution in [1.82, 2.24) is 20.1 Å². The van der Waals surface area contributed by atoms with Crippen molar-refractivity contribution in [2.75, 3.05) is 0 Å². The van der Waals surface area contributed by atoms with Crippen LogP contribution in [0.1, 0.15) is 11.4 Å². The van der Waals surface area contributed by atoms with E-state index in [2.05, 4.69) is 15.4 Å². The number of nitrogens with one attached hydrogen (secondary N) is 1. The van der Waals surface area contributed by atoms with E-state index in [0.29, 0.717) is 18.2 Å². The van der Waals surface area contributed by atoms with Gasteiger partial charge in [-0.15, -0.1) is 0 Å². The highest BCUT2D eigenvalue weighted by atomic mass is 16.2. The lowest BCUT2D eigenvalue weighted by molar-refractivity contribution is -0.122. The van der Waals surface area contributed by atoms with Gasteiger partial charge in [-0.25, -0.2) is 9.67 Å². The Labute approximate surface area is 135 Å². The van der Waals surface area contributed by atoms with Crippen LogP contribution in [0.15, 0.2) is 60.7 Å². The molecule has 5 nitrogen and oxygen atoms in total. The molecule has 2 aromatic carbocycles. The van der Waals surface area contributed by atoms with Crippen LogP contribution in [0.4, 0.5) is 0 Å². The Bertz CT molecular complexity index is 781. The summed E-state index contributed by atoms with van der Waals surface area (Å²) in [6, 6.07) is 19.6. The number of nitrogens with zero attached hydrogens (tertiary/aromatic N) is 3. The minimum absolute atomic E-state index is 0.0871. The second-order valence-electron chi connectivity index (χ2n) is 5.27. The number of carbonyl (C=O) groups excluding carboxylic acids is 1. The van der Waals surface area contributed by atoms with Crippen molar-refractivity contribution < 1.29 is 4.79 Å². The Morgan fingerprint density at radius 2 is 1.70 bits per heavy atom. The molecule has 0 atom stereocenters. The summed E-state index contributed by atoms with van der Waals surface area (Å²) in [5.41, 5.74) is 2.02. The Kier molecular flexibility index (Phi) is 4.47. The summed E-state index contributed by atoms with van der Waals surface area (Å²) in [5.74, 6) is 1.27. The van der Waals surface area contributed by atoms with Crippen LogP contribution in [-0.2, 0) is 17.9 Å². The quantitative estimate of drug-likeness (QED) is 0.788. The standard InChI is InChI=1S/C18H18N4O/c1-14-20-18(16-10-6-3-7-11-16)22(21-14)13-17(23)19-12-15-8-4-2-5-9-15/h2-11H,12-13H2,1H3,(H,19,23). The molecule has 0 aliphatic rings. The van der Waals surface area contributed by atoms with Gasteiger partial charge < -0.3 is 5.32 Å². The summed E-state index contributed by atoms with van der Waals surface area (Å²) < 4.78 is 1.64. The van der Waals surface area contributed by atoms with Gasteiger partial charge in [-0.3, -0.25) is 4.79 Å². The molecule has 0 saturated heterocycles. The van der Waals surface area contributed by atoms with Crippen LogP contribution in [-0.4, -0.2) is 20.7 Å². The molecule has 0 saturated carbocycles. The Morgan fingerprint density at radius 1 is 1.04 bits per heavy atom. The fraction of sp³-hybridized carbons (Fsp3) is 0.167. The van der Waals surface area contributed by atoms with Crippen LogP contribution in [0.3, 0.4) is 0 Å². The highest BCUT2D eigenvalue weighted by molar-refractivity contribution is 5.76. The van der Waals surface area contributed by atoms with Gasteiger partial charge in [0.15, 0.2) is 5.82 Å². The molecular formula is C18H18N4O. The van der Waals surface area contributed by atoms with Crippen molar-refractivity contribution >= 4 is 5.91 Å². The normalized spacial score (nSPS) is 10.5. The zero-order valence-corrected chi connectivity index (χ0v) is 12.9. The first-order chi connectivity index (χ1) is 11.2. The van der Waals surface area contributed by atoms with E-state index in [1.54, 1.807) is 4.68 Å². The predicted octanol–water partition coefficient (Wildman–Crippen LogP) is 2.57. The van der Waals surface area contributed by atoms with Gasteiger partial charge >= 0.3 is 0 Å². The molecule has 5 heteroatoms. The smallest absolute Gasteiger partial charge is 0.242 e. The van der Waals surface area contributed by atoms with E-state index in [4.69, 9.17) is 0 Å². The monoisotopic (exact) mass is 306 g/mol. The molecule has 1 amide bonds. The number of benzene rings is 2. The summed E-state index contributed by atoms with van der Waals surface area (Å²) in [6.07, 6.45) is 0. The molecule has 0 radical (unpaired) electrons. The average Bonchev–Trinajstić information content (AvgIpc) is 2.95. The minimum Gasteiger partial charge on any atom is -0.350 e. The molecule has 0 unspecified atom stereocenters. The van der Waals surface area contributed by atoms with Crippen molar-refractivity contribution in [3.8, 4) is 11.4 Å². The van der Waals surface area contributed by atoms with E-state index in [0.717, 1.165) is 11.1 Å². The molecule has 0 aliphatic heterocycles. The van der Waals surface area contributed by atoms with E-state index < -0.39 is 0 Å². The molecule has 1 aromatic heterocycles. The van der Waals surface area contributed by atoms with Gasteiger partial charge in [-0.05, 0) is 12.5 Å². The minimum atomic E-state index is -0.0871. The lowest BCUT2D eigenvalue weighted by atomic mass is 10.2.